The molecule has 7 nitrogen and oxygen atoms in total. The van der Waals surface area contributed by atoms with Crippen molar-refractivity contribution in [2.45, 2.75) is 13.0 Å². The summed E-state index contributed by atoms with van der Waals surface area (Å²) in [5.41, 5.74) is 6.13. The van der Waals surface area contributed by atoms with Gasteiger partial charge in [0.25, 0.3) is 11.8 Å². The van der Waals surface area contributed by atoms with Crippen molar-refractivity contribution in [2.24, 2.45) is 0 Å². The number of nitrogens with zero attached hydrogens (tertiary/aromatic N) is 2. The van der Waals surface area contributed by atoms with Crippen LogP contribution in [-0.2, 0) is 17.8 Å². The fourth-order valence-electron chi connectivity index (χ4n) is 3.68. The van der Waals surface area contributed by atoms with Crippen molar-refractivity contribution in [3.05, 3.63) is 108 Å². The fourth-order valence-corrected chi connectivity index (χ4v) is 3.68. The maximum Gasteiger partial charge on any atom is 0.267 e. The van der Waals surface area contributed by atoms with Gasteiger partial charge in [0.2, 0.25) is 0 Å². The van der Waals surface area contributed by atoms with Crippen LogP contribution < -0.4 is 5.48 Å². The van der Waals surface area contributed by atoms with Gasteiger partial charge in [-0.3, -0.25) is 19.8 Å². The number of hydrogen-bond acceptors (Lipinski definition) is 4. The highest BCUT2D eigenvalue weighted by molar-refractivity contribution is 5.94. The van der Waals surface area contributed by atoms with Crippen LogP contribution in [-0.4, -0.2) is 38.4 Å². The number of aromatic nitrogens is 2. The Labute approximate surface area is 191 Å². The molecule has 0 aliphatic heterocycles. The number of H-pyrrole nitrogens is 1. The number of nitrogens with one attached hydrogen (secondary N) is 2. The molecule has 4 aromatic rings. The Balaban J connectivity index is 1.52. The molecule has 3 N–H and O–H groups in total. The zero-order valence-corrected chi connectivity index (χ0v) is 17.9. The van der Waals surface area contributed by atoms with Crippen LogP contribution in [0.2, 0.25) is 0 Å². The van der Waals surface area contributed by atoms with E-state index in [4.69, 9.17) is 5.21 Å². The number of fused-ring (bicyclic) bond motifs is 1. The molecule has 4 rings (SSSR count). The second-order valence-corrected chi connectivity index (χ2v) is 7.63. The first-order valence-corrected chi connectivity index (χ1v) is 10.6. The monoisotopic (exact) mass is 440 g/mol. The highest BCUT2D eigenvalue weighted by Crippen LogP contribution is 2.19. The molecule has 2 aromatic heterocycles. The van der Waals surface area contributed by atoms with Crippen LogP contribution in [0, 0.1) is 0 Å². The Kier molecular flexibility index (Phi) is 6.92. The predicted molar refractivity (Wildman–Crippen MR) is 126 cm³/mol. The van der Waals surface area contributed by atoms with E-state index in [9.17, 15) is 9.59 Å². The van der Waals surface area contributed by atoms with Gasteiger partial charge in [-0.15, -0.1) is 0 Å². The fraction of sp³-hybridized carbons (Fsp3) is 0.115. The van der Waals surface area contributed by atoms with Crippen LogP contribution in [0.1, 0.15) is 27.0 Å². The van der Waals surface area contributed by atoms with E-state index >= 15 is 0 Å². The largest absolute Gasteiger partial charge is 0.361 e. The van der Waals surface area contributed by atoms with Gasteiger partial charge in [-0.05, 0) is 47.4 Å². The SMILES string of the molecule is O=C(C=Cc1ccc(CN(CCc2c[nH]c3ccccc23)C(=O)c2cccnc2)cc1)NO. The van der Waals surface area contributed by atoms with E-state index in [1.54, 1.807) is 36.1 Å². The summed E-state index contributed by atoms with van der Waals surface area (Å²) >= 11 is 0. The Morgan fingerprint density at radius 3 is 2.64 bits per heavy atom. The number of carbonyl (C=O) groups excluding carboxylic acids is 2. The van der Waals surface area contributed by atoms with Gasteiger partial charge in [0.05, 0.1) is 5.56 Å². The third-order valence-corrected chi connectivity index (χ3v) is 5.41. The molecule has 0 saturated carbocycles. The first-order valence-electron chi connectivity index (χ1n) is 10.6. The Bertz CT molecular complexity index is 1260. The van der Waals surface area contributed by atoms with Crippen LogP contribution in [0.15, 0.2) is 85.3 Å². The Hall–Kier alpha value is -4.23. The van der Waals surface area contributed by atoms with Gasteiger partial charge in [-0.25, -0.2) is 5.48 Å². The summed E-state index contributed by atoms with van der Waals surface area (Å²) in [6.07, 6.45) is 8.80. The maximum absolute atomic E-state index is 13.2. The van der Waals surface area contributed by atoms with Gasteiger partial charge < -0.3 is 9.88 Å². The second-order valence-electron chi connectivity index (χ2n) is 7.63. The molecule has 7 heteroatoms. The van der Waals surface area contributed by atoms with E-state index < -0.39 is 5.91 Å². The van der Waals surface area contributed by atoms with Crippen LogP contribution in [0.3, 0.4) is 0 Å². The lowest BCUT2D eigenvalue weighted by atomic mass is 10.1. The summed E-state index contributed by atoms with van der Waals surface area (Å²) in [6, 6.07) is 19.2. The zero-order valence-electron chi connectivity index (χ0n) is 17.9. The van der Waals surface area contributed by atoms with Crippen molar-refractivity contribution in [1.82, 2.24) is 20.3 Å². The van der Waals surface area contributed by atoms with Gasteiger partial charge in [-0.1, -0.05) is 42.5 Å². The average Bonchev–Trinajstić information content (AvgIpc) is 3.29. The molecule has 33 heavy (non-hydrogen) atoms. The van der Waals surface area contributed by atoms with Crippen LogP contribution in [0.25, 0.3) is 17.0 Å². The molecule has 0 fully saturated rings. The molecule has 166 valence electrons. The third kappa shape index (κ3) is 5.53. The van der Waals surface area contributed by atoms with E-state index in [0.717, 1.165) is 27.6 Å². The van der Waals surface area contributed by atoms with Crippen LogP contribution in [0.4, 0.5) is 0 Å². The minimum atomic E-state index is -0.593. The maximum atomic E-state index is 13.2. The summed E-state index contributed by atoms with van der Waals surface area (Å²) in [7, 11) is 0. The van der Waals surface area contributed by atoms with E-state index in [-0.39, 0.29) is 5.91 Å². The molecular formula is C26H24N4O3. The zero-order chi connectivity index (χ0) is 23.0. The topological polar surface area (TPSA) is 98.3 Å². The molecule has 0 aliphatic carbocycles. The van der Waals surface area contributed by atoms with Gasteiger partial charge in [-0.2, -0.15) is 0 Å². The molecule has 0 bridgehead atoms. The second kappa shape index (κ2) is 10.4. The molecule has 0 unspecified atom stereocenters. The van der Waals surface area contributed by atoms with Crippen molar-refractivity contribution >= 4 is 28.8 Å². The number of hydrogen-bond donors (Lipinski definition) is 3. The number of benzene rings is 2. The summed E-state index contributed by atoms with van der Waals surface area (Å²) in [5, 5.41) is 9.75. The van der Waals surface area contributed by atoms with Crippen molar-refractivity contribution in [3.8, 4) is 0 Å². The summed E-state index contributed by atoms with van der Waals surface area (Å²) in [4.78, 5) is 33.6. The molecule has 0 radical (unpaired) electrons. The van der Waals surface area contributed by atoms with E-state index in [1.807, 2.05) is 53.6 Å². The lowest BCUT2D eigenvalue weighted by molar-refractivity contribution is -0.124. The number of carbonyl (C=O) groups is 2. The smallest absolute Gasteiger partial charge is 0.267 e. The van der Waals surface area contributed by atoms with Crippen molar-refractivity contribution in [2.75, 3.05) is 6.54 Å². The normalized spacial score (nSPS) is 11.1. The number of rotatable bonds is 8. The lowest BCUT2D eigenvalue weighted by Crippen LogP contribution is -2.32. The molecule has 2 heterocycles. The van der Waals surface area contributed by atoms with Crippen LogP contribution >= 0.6 is 0 Å². The summed E-state index contributed by atoms with van der Waals surface area (Å²) < 4.78 is 0. The van der Waals surface area contributed by atoms with E-state index in [2.05, 4.69) is 16.0 Å². The van der Waals surface area contributed by atoms with Crippen molar-refractivity contribution < 1.29 is 14.8 Å². The first-order chi connectivity index (χ1) is 16.1. The van der Waals surface area contributed by atoms with Gasteiger partial charge >= 0.3 is 0 Å². The lowest BCUT2D eigenvalue weighted by Gasteiger charge is -2.23. The van der Waals surface area contributed by atoms with E-state index in [0.29, 0.717) is 25.1 Å². The Morgan fingerprint density at radius 2 is 1.88 bits per heavy atom. The Morgan fingerprint density at radius 1 is 1.06 bits per heavy atom. The highest BCUT2D eigenvalue weighted by atomic mass is 16.5. The third-order valence-electron chi connectivity index (χ3n) is 5.41. The molecule has 0 atom stereocenters. The number of para-hydroxylation sites is 1. The minimum absolute atomic E-state index is 0.0773. The standard InChI is InChI=1S/C26H24N4O3/c31-25(29-33)12-11-19-7-9-20(10-8-19)18-30(26(32)22-4-3-14-27-16-22)15-13-21-17-28-24-6-2-1-5-23(21)24/h1-12,14,16-17,28,33H,13,15,18H2,(H,29,31). The number of amides is 2. The summed E-state index contributed by atoms with van der Waals surface area (Å²) in [6.45, 7) is 0.991. The highest BCUT2D eigenvalue weighted by Gasteiger charge is 2.17. The van der Waals surface area contributed by atoms with Gasteiger partial charge in [0.15, 0.2) is 0 Å². The van der Waals surface area contributed by atoms with Gasteiger partial charge in [0.1, 0.15) is 0 Å². The molecule has 2 aromatic carbocycles. The average molecular weight is 441 g/mol. The van der Waals surface area contributed by atoms with Crippen molar-refractivity contribution in [3.63, 3.8) is 0 Å². The number of aromatic amines is 1. The van der Waals surface area contributed by atoms with Crippen molar-refractivity contribution in [1.29, 1.82) is 0 Å². The molecule has 2 amide bonds. The van der Waals surface area contributed by atoms with E-state index in [1.165, 1.54) is 6.08 Å². The van der Waals surface area contributed by atoms with Gasteiger partial charge in [0, 0.05) is 48.7 Å². The molecule has 0 saturated heterocycles. The number of hydroxylamine groups is 1. The minimum Gasteiger partial charge on any atom is -0.361 e. The predicted octanol–water partition coefficient (Wildman–Crippen LogP) is 3.97. The quantitative estimate of drug-likeness (QED) is 0.219. The first kappa shape index (κ1) is 22.0. The molecular weight excluding hydrogens is 416 g/mol. The summed E-state index contributed by atoms with van der Waals surface area (Å²) in [5.74, 6) is -0.670. The molecule has 0 aliphatic rings. The van der Waals surface area contributed by atoms with Crippen LogP contribution in [0.5, 0.6) is 0 Å². The molecule has 0 spiro atoms. The number of pyridine rings is 1.